The first-order valence-electron chi connectivity index (χ1n) is 15.0. The molecule has 3 aromatic rings. The molecule has 3 atom stereocenters. The fourth-order valence-corrected chi connectivity index (χ4v) is 8.51. The van der Waals surface area contributed by atoms with Gasteiger partial charge in [-0.1, -0.05) is 24.3 Å². The second-order valence-corrected chi connectivity index (χ2v) is 13.2. The van der Waals surface area contributed by atoms with Crippen LogP contribution < -0.4 is 9.64 Å². The third-order valence-corrected chi connectivity index (χ3v) is 11.2. The molecule has 2 aromatic carbocycles. The zero-order valence-corrected chi connectivity index (χ0v) is 25.0. The van der Waals surface area contributed by atoms with Gasteiger partial charge >= 0.3 is 5.97 Å². The van der Waals surface area contributed by atoms with Crippen LogP contribution in [0.4, 0.5) is 5.13 Å². The summed E-state index contributed by atoms with van der Waals surface area (Å²) < 4.78 is 12.2. The molecule has 1 saturated carbocycles. The predicted octanol–water partition coefficient (Wildman–Crippen LogP) is 5.84. The quantitative estimate of drug-likeness (QED) is 0.381. The third-order valence-electron chi connectivity index (χ3n) is 10.3. The molecule has 3 aliphatic heterocycles. The van der Waals surface area contributed by atoms with Crippen LogP contribution in [-0.4, -0.2) is 59.3 Å². The molecule has 1 aliphatic carbocycles. The number of carboxylic acids is 1. The molecule has 0 bridgehead atoms. The van der Waals surface area contributed by atoms with E-state index in [1.54, 1.807) is 11.3 Å². The Morgan fingerprint density at radius 2 is 2.05 bits per heavy atom. The molecule has 0 radical (unpaired) electrons. The minimum Gasteiger partial charge on any atom is -0.488 e. The van der Waals surface area contributed by atoms with Crippen LogP contribution in [0.25, 0.3) is 11.3 Å². The van der Waals surface area contributed by atoms with E-state index >= 15 is 0 Å². The first kappa shape index (κ1) is 26.9. The Hall–Kier alpha value is -2.94. The molecule has 216 valence electrons. The van der Waals surface area contributed by atoms with E-state index in [0.29, 0.717) is 12.6 Å². The van der Waals surface area contributed by atoms with Gasteiger partial charge in [0, 0.05) is 55.9 Å². The number of rotatable bonds is 7. The van der Waals surface area contributed by atoms with E-state index in [4.69, 9.17) is 14.5 Å². The van der Waals surface area contributed by atoms with Crippen molar-refractivity contribution in [1.82, 2.24) is 9.88 Å². The number of aliphatic carboxylic acids is 1. The molecule has 1 N–H and O–H groups in total. The van der Waals surface area contributed by atoms with Crippen molar-refractivity contribution < 1.29 is 19.4 Å². The van der Waals surface area contributed by atoms with Crippen molar-refractivity contribution >= 4 is 22.4 Å². The summed E-state index contributed by atoms with van der Waals surface area (Å²) in [6, 6.07) is 11.4. The van der Waals surface area contributed by atoms with E-state index in [-0.39, 0.29) is 12.0 Å². The number of piperidine rings is 1. The normalized spacial score (nSPS) is 26.1. The fourth-order valence-electron chi connectivity index (χ4n) is 7.59. The molecule has 4 heterocycles. The molecule has 3 fully saturated rings. The summed E-state index contributed by atoms with van der Waals surface area (Å²) in [7, 11) is 0. The number of thiazole rings is 1. The summed E-state index contributed by atoms with van der Waals surface area (Å²) in [5, 5.41) is 12.8. The van der Waals surface area contributed by atoms with Crippen LogP contribution in [0.15, 0.2) is 35.7 Å². The topological polar surface area (TPSA) is 75.1 Å². The van der Waals surface area contributed by atoms with Gasteiger partial charge in [0.25, 0.3) is 0 Å². The second-order valence-electron chi connectivity index (χ2n) is 12.4. The molecule has 1 aromatic heterocycles. The summed E-state index contributed by atoms with van der Waals surface area (Å²) in [5.74, 6) is 0.425. The number of carboxylic acid groups (broad SMARTS) is 1. The highest BCUT2D eigenvalue weighted by molar-refractivity contribution is 7.14. The molecule has 8 heteroatoms. The first-order valence-corrected chi connectivity index (χ1v) is 15.8. The zero-order valence-electron chi connectivity index (χ0n) is 24.2. The number of carbonyl (C=O) groups is 1. The maximum atomic E-state index is 12.0. The van der Waals surface area contributed by atoms with Crippen molar-refractivity contribution in [3.8, 4) is 17.0 Å². The van der Waals surface area contributed by atoms with Gasteiger partial charge in [-0.15, -0.1) is 11.3 Å². The SMILES string of the molecule is Cc1cccc(-c2csc(N3C[C@H]4C[C@@]4(C(=O)O)[C@@H]3C)n2)c1OCc1ccc2c(c1C)CCN(C1CCOCC1)C2. The Kier molecular flexibility index (Phi) is 6.83. The predicted molar refractivity (Wildman–Crippen MR) is 161 cm³/mol. The van der Waals surface area contributed by atoms with Crippen molar-refractivity contribution in [2.24, 2.45) is 11.3 Å². The van der Waals surface area contributed by atoms with E-state index in [2.05, 4.69) is 59.4 Å². The Bertz CT molecular complexity index is 1480. The van der Waals surface area contributed by atoms with Crippen molar-refractivity contribution in [1.29, 1.82) is 0 Å². The molecule has 0 spiro atoms. The summed E-state index contributed by atoms with van der Waals surface area (Å²) in [4.78, 5) is 21.8. The van der Waals surface area contributed by atoms with Gasteiger partial charge in [-0.2, -0.15) is 0 Å². The minimum absolute atomic E-state index is 0.0482. The van der Waals surface area contributed by atoms with E-state index < -0.39 is 11.4 Å². The van der Waals surface area contributed by atoms with Crippen LogP contribution in [0, 0.1) is 25.2 Å². The minimum atomic E-state index is -0.669. The Morgan fingerprint density at radius 3 is 2.83 bits per heavy atom. The lowest BCUT2D eigenvalue weighted by Gasteiger charge is -2.38. The number of hydrogen-bond donors (Lipinski definition) is 1. The van der Waals surface area contributed by atoms with E-state index in [9.17, 15) is 9.90 Å². The standard InChI is InChI=1S/C33H39N3O4S/c1-20-5-4-6-28(29-19-41-32(34-29)36-17-25-15-33(25,22(36)3)31(37)38)30(20)40-18-24-8-7-23-16-35(12-9-27(23)21(24)2)26-10-13-39-14-11-26/h4-8,19,22,25-26H,9-18H2,1-3H3,(H,37,38)/t22-,25+,33+/m0/s1. The van der Waals surface area contributed by atoms with Gasteiger partial charge in [0.15, 0.2) is 5.13 Å². The van der Waals surface area contributed by atoms with Gasteiger partial charge in [0.1, 0.15) is 12.4 Å². The maximum Gasteiger partial charge on any atom is 0.312 e. The van der Waals surface area contributed by atoms with E-state index in [0.717, 1.165) is 86.2 Å². The molecule has 0 unspecified atom stereocenters. The van der Waals surface area contributed by atoms with Crippen LogP contribution >= 0.6 is 11.3 Å². The molecule has 41 heavy (non-hydrogen) atoms. The summed E-state index contributed by atoms with van der Waals surface area (Å²) >= 11 is 1.59. The first-order chi connectivity index (χ1) is 19.9. The van der Waals surface area contributed by atoms with Crippen LogP contribution in [-0.2, 0) is 29.1 Å². The molecular formula is C33H39N3O4S. The number of fused-ring (bicyclic) bond motifs is 2. The smallest absolute Gasteiger partial charge is 0.312 e. The average molecular weight is 574 g/mol. The van der Waals surface area contributed by atoms with Crippen LogP contribution in [0.1, 0.15) is 54.0 Å². The van der Waals surface area contributed by atoms with E-state index in [1.807, 2.05) is 6.92 Å². The van der Waals surface area contributed by atoms with Gasteiger partial charge in [-0.25, -0.2) is 4.98 Å². The number of nitrogens with zero attached hydrogens (tertiary/aromatic N) is 3. The summed E-state index contributed by atoms with van der Waals surface area (Å²) in [6.07, 6.45) is 4.15. The Labute approximate surface area is 246 Å². The van der Waals surface area contributed by atoms with Gasteiger partial charge in [-0.05, 0) is 86.3 Å². The number of aromatic nitrogens is 1. The van der Waals surface area contributed by atoms with E-state index in [1.165, 1.54) is 22.3 Å². The number of aryl methyl sites for hydroxylation is 1. The number of benzene rings is 2. The van der Waals surface area contributed by atoms with Crippen LogP contribution in [0.2, 0.25) is 0 Å². The second kappa shape index (κ2) is 10.4. The van der Waals surface area contributed by atoms with Crippen molar-refractivity contribution in [2.45, 2.75) is 71.7 Å². The monoisotopic (exact) mass is 573 g/mol. The van der Waals surface area contributed by atoms with Gasteiger partial charge in [0.2, 0.25) is 0 Å². The highest BCUT2D eigenvalue weighted by atomic mass is 32.1. The number of hydrogen-bond acceptors (Lipinski definition) is 7. The highest BCUT2D eigenvalue weighted by Gasteiger charge is 2.70. The molecule has 4 aliphatic rings. The largest absolute Gasteiger partial charge is 0.488 e. The lowest BCUT2D eigenvalue weighted by Crippen LogP contribution is -2.42. The van der Waals surface area contributed by atoms with Gasteiger partial charge in [0.05, 0.1) is 11.1 Å². The molecule has 7 nitrogen and oxygen atoms in total. The zero-order chi connectivity index (χ0) is 28.3. The molecule has 7 rings (SSSR count). The van der Waals surface area contributed by atoms with Crippen molar-refractivity contribution in [3.63, 3.8) is 0 Å². The molecule has 0 amide bonds. The number of para-hydroxylation sites is 1. The van der Waals surface area contributed by atoms with Crippen LogP contribution in [0.3, 0.4) is 0 Å². The molecule has 2 saturated heterocycles. The summed E-state index contributed by atoms with van der Waals surface area (Å²) in [6.45, 7) is 11.6. The maximum absolute atomic E-state index is 12.0. The fraction of sp³-hybridized carbons (Fsp3) is 0.515. The Balaban J connectivity index is 1.08. The van der Waals surface area contributed by atoms with Crippen LogP contribution in [0.5, 0.6) is 5.75 Å². The lowest BCUT2D eigenvalue weighted by molar-refractivity contribution is -0.144. The number of anilines is 1. The summed E-state index contributed by atoms with van der Waals surface area (Å²) in [5.41, 5.74) is 7.89. The van der Waals surface area contributed by atoms with Gasteiger partial charge in [-0.3, -0.25) is 9.69 Å². The molecular weight excluding hydrogens is 534 g/mol. The third kappa shape index (κ3) is 4.55. The van der Waals surface area contributed by atoms with Crippen molar-refractivity contribution in [3.05, 3.63) is 63.5 Å². The average Bonchev–Trinajstić information content (AvgIpc) is 3.38. The highest BCUT2D eigenvalue weighted by Crippen LogP contribution is 2.62. The lowest BCUT2D eigenvalue weighted by atomic mass is 9.90. The Morgan fingerprint density at radius 1 is 1.22 bits per heavy atom. The van der Waals surface area contributed by atoms with Gasteiger partial charge < -0.3 is 19.5 Å². The number of ether oxygens (including phenoxy) is 2. The van der Waals surface area contributed by atoms with Crippen molar-refractivity contribution in [2.75, 3.05) is 31.2 Å².